The number of aromatic nitrogens is 1. The van der Waals surface area contributed by atoms with E-state index in [1.165, 1.54) is 24.9 Å². The highest BCUT2D eigenvalue weighted by atomic mass is 16.6. The number of anilines is 1. The second-order valence-electron chi connectivity index (χ2n) is 10.4. The van der Waals surface area contributed by atoms with Gasteiger partial charge in [-0.15, -0.1) is 0 Å². The maximum Gasteiger partial charge on any atom is 0.306 e. The number of hydrogen-bond donors (Lipinski definition) is 4. The van der Waals surface area contributed by atoms with Crippen molar-refractivity contribution in [2.45, 2.75) is 45.1 Å². The molecule has 12 heteroatoms. The van der Waals surface area contributed by atoms with Gasteiger partial charge in [-0.3, -0.25) is 24.0 Å². The third-order valence-corrected chi connectivity index (χ3v) is 6.69. The highest BCUT2D eigenvalue weighted by Gasteiger charge is 2.35. The molecular weight excluding hydrogens is 532 g/mol. The van der Waals surface area contributed by atoms with Crippen LogP contribution in [-0.2, 0) is 19.1 Å². The van der Waals surface area contributed by atoms with Crippen molar-refractivity contribution >= 4 is 46.1 Å². The second-order valence-corrected chi connectivity index (χ2v) is 10.4. The SMILES string of the molecule is CC1CN(C(=O)c2ccccc2)CCN1C(=O)C(=O)c1c[nH]c2c(NC(=O)C(CC(=O)O)OC(C)(C)O)cccc12. The number of para-hydroxylation sites is 1. The number of ether oxygens (including phenoxy) is 1. The lowest BCUT2D eigenvalue weighted by molar-refractivity contribution is -0.207. The van der Waals surface area contributed by atoms with Gasteiger partial charge in [-0.2, -0.15) is 0 Å². The summed E-state index contributed by atoms with van der Waals surface area (Å²) in [5, 5.41) is 22.1. The number of H-pyrrole nitrogens is 1. The number of aromatic amines is 1. The number of aliphatic hydroxyl groups is 1. The fraction of sp³-hybridized carbons (Fsp3) is 0.345. The van der Waals surface area contributed by atoms with Gasteiger partial charge in [0.15, 0.2) is 5.79 Å². The Morgan fingerprint density at radius 2 is 1.78 bits per heavy atom. The lowest BCUT2D eigenvalue weighted by atomic mass is 10.1. The molecule has 4 N–H and O–H groups in total. The zero-order valence-corrected chi connectivity index (χ0v) is 22.9. The molecule has 1 saturated heterocycles. The van der Waals surface area contributed by atoms with E-state index in [4.69, 9.17) is 9.84 Å². The highest BCUT2D eigenvalue weighted by Crippen LogP contribution is 2.27. The zero-order chi connectivity index (χ0) is 29.9. The predicted octanol–water partition coefficient (Wildman–Crippen LogP) is 2.25. The lowest BCUT2D eigenvalue weighted by Gasteiger charge is -2.39. The molecule has 12 nitrogen and oxygen atoms in total. The van der Waals surface area contributed by atoms with Crippen LogP contribution in [0, 0.1) is 0 Å². The summed E-state index contributed by atoms with van der Waals surface area (Å²) in [7, 11) is 0. The van der Waals surface area contributed by atoms with E-state index in [-0.39, 0.29) is 36.8 Å². The topological polar surface area (TPSA) is 169 Å². The molecule has 0 radical (unpaired) electrons. The number of benzene rings is 2. The van der Waals surface area contributed by atoms with Gasteiger partial charge in [0.1, 0.15) is 6.10 Å². The molecule has 1 aliphatic rings. The Morgan fingerprint density at radius 1 is 1.07 bits per heavy atom. The van der Waals surface area contributed by atoms with Gasteiger partial charge in [0.25, 0.3) is 23.5 Å². The molecule has 0 saturated carbocycles. The lowest BCUT2D eigenvalue weighted by Crippen LogP contribution is -2.56. The first-order valence-corrected chi connectivity index (χ1v) is 13.1. The minimum absolute atomic E-state index is 0.103. The number of carbonyl (C=O) groups is 5. The van der Waals surface area contributed by atoms with Crippen LogP contribution in [0.5, 0.6) is 0 Å². The van der Waals surface area contributed by atoms with Crippen LogP contribution in [-0.4, -0.2) is 92.0 Å². The van der Waals surface area contributed by atoms with Gasteiger partial charge >= 0.3 is 5.97 Å². The number of nitrogens with zero attached hydrogens (tertiary/aromatic N) is 2. The molecule has 3 amide bonds. The molecule has 4 rings (SSSR count). The Labute approximate surface area is 235 Å². The predicted molar refractivity (Wildman–Crippen MR) is 148 cm³/mol. The molecule has 0 bridgehead atoms. The molecule has 1 fully saturated rings. The van der Waals surface area contributed by atoms with Crippen molar-refractivity contribution in [1.29, 1.82) is 0 Å². The van der Waals surface area contributed by atoms with Crippen molar-refractivity contribution in [2.24, 2.45) is 0 Å². The number of nitrogens with one attached hydrogen (secondary N) is 2. The molecule has 2 atom stereocenters. The number of hydrogen-bond acceptors (Lipinski definition) is 7. The first-order valence-electron chi connectivity index (χ1n) is 13.1. The van der Waals surface area contributed by atoms with Crippen molar-refractivity contribution in [3.63, 3.8) is 0 Å². The summed E-state index contributed by atoms with van der Waals surface area (Å²) >= 11 is 0. The van der Waals surface area contributed by atoms with Crippen LogP contribution in [0.3, 0.4) is 0 Å². The summed E-state index contributed by atoms with van der Waals surface area (Å²) < 4.78 is 5.22. The third kappa shape index (κ3) is 6.79. The minimum atomic E-state index is -1.76. The van der Waals surface area contributed by atoms with Crippen LogP contribution in [0.2, 0.25) is 0 Å². The maximum absolute atomic E-state index is 13.3. The quantitative estimate of drug-likeness (QED) is 0.174. The number of piperazine rings is 1. The molecule has 41 heavy (non-hydrogen) atoms. The van der Waals surface area contributed by atoms with Gasteiger partial charge in [-0.05, 0) is 39.0 Å². The fourth-order valence-electron chi connectivity index (χ4n) is 4.81. The Hall–Kier alpha value is -4.55. The highest BCUT2D eigenvalue weighted by molar-refractivity contribution is 6.45. The number of rotatable bonds is 9. The third-order valence-electron chi connectivity index (χ3n) is 6.69. The van der Waals surface area contributed by atoms with E-state index in [1.807, 2.05) is 6.07 Å². The van der Waals surface area contributed by atoms with Crippen molar-refractivity contribution in [2.75, 3.05) is 25.0 Å². The van der Waals surface area contributed by atoms with E-state index in [9.17, 15) is 29.1 Å². The molecule has 2 aromatic carbocycles. The molecule has 0 spiro atoms. The van der Waals surface area contributed by atoms with E-state index in [2.05, 4.69) is 10.3 Å². The fourth-order valence-corrected chi connectivity index (χ4v) is 4.81. The molecule has 2 heterocycles. The summed E-state index contributed by atoms with van der Waals surface area (Å²) in [6.45, 7) is 5.09. The van der Waals surface area contributed by atoms with Gasteiger partial charge in [-0.25, -0.2) is 0 Å². The van der Waals surface area contributed by atoms with Crippen LogP contribution in [0.15, 0.2) is 54.7 Å². The van der Waals surface area contributed by atoms with Crippen LogP contribution in [0.1, 0.15) is 47.9 Å². The normalized spacial score (nSPS) is 16.3. The Morgan fingerprint density at radius 3 is 2.41 bits per heavy atom. The second kappa shape index (κ2) is 11.9. The summed E-state index contributed by atoms with van der Waals surface area (Å²) in [4.78, 5) is 69.5. The molecule has 2 unspecified atom stereocenters. The Kier molecular flexibility index (Phi) is 8.55. The monoisotopic (exact) mass is 564 g/mol. The Bertz CT molecular complexity index is 1480. The number of carbonyl (C=O) groups excluding carboxylic acids is 4. The summed E-state index contributed by atoms with van der Waals surface area (Å²) in [5.74, 6) is -5.45. The molecule has 216 valence electrons. The van der Waals surface area contributed by atoms with E-state index in [0.717, 1.165) is 0 Å². The molecular formula is C29H32N4O8. The summed E-state index contributed by atoms with van der Waals surface area (Å²) in [6.07, 6.45) is -0.797. The molecule has 1 aromatic heterocycles. The number of carboxylic acids is 1. The van der Waals surface area contributed by atoms with Crippen LogP contribution >= 0.6 is 0 Å². The van der Waals surface area contributed by atoms with Crippen LogP contribution in [0.25, 0.3) is 10.9 Å². The van der Waals surface area contributed by atoms with E-state index >= 15 is 0 Å². The van der Waals surface area contributed by atoms with Crippen molar-refractivity contribution < 1.29 is 38.9 Å². The summed E-state index contributed by atoms with van der Waals surface area (Å²) in [5.41, 5.74) is 1.24. The van der Waals surface area contributed by atoms with E-state index < -0.39 is 47.9 Å². The number of fused-ring (bicyclic) bond motifs is 1. The number of amides is 3. The minimum Gasteiger partial charge on any atom is -0.481 e. The standard InChI is InChI=1S/C29H32N4O8/c1-17-16-32(27(38)18-8-5-4-6-9-18)12-13-33(17)28(39)25(36)20-15-30-24-19(20)10-7-11-21(24)31-26(37)22(14-23(34)35)41-29(2,3)40/h4-11,15,17,22,30,40H,12-14,16H2,1-3H3,(H,31,37)(H,34,35). The van der Waals surface area contributed by atoms with Crippen LogP contribution < -0.4 is 5.32 Å². The van der Waals surface area contributed by atoms with E-state index in [0.29, 0.717) is 16.5 Å². The van der Waals surface area contributed by atoms with Crippen LogP contribution in [0.4, 0.5) is 5.69 Å². The number of ketones is 1. The van der Waals surface area contributed by atoms with Gasteiger partial charge < -0.3 is 35.1 Å². The largest absolute Gasteiger partial charge is 0.481 e. The average molecular weight is 565 g/mol. The van der Waals surface area contributed by atoms with Gasteiger partial charge in [-0.1, -0.05) is 30.3 Å². The number of aliphatic carboxylic acids is 1. The molecule has 3 aromatic rings. The number of carboxylic acid groups (broad SMARTS) is 1. The smallest absolute Gasteiger partial charge is 0.306 e. The van der Waals surface area contributed by atoms with Gasteiger partial charge in [0.2, 0.25) is 0 Å². The zero-order valence-electron chi connectivity index (χ0n) is 22.9. The van der Waals surface area contributed by atoms with Crippen molar-refractivity contribution in [3.05, 3.63) is 65.9 Å². The molecule has 1 aliphatic heterocycles. The average Bonchev–Trinajstić information content (AvgIpc) is 3.36. The summed E-state index contributed by atoms with van der Waals surface area (Å²) in [6, 6.07) is 13.2. The van der Waals surface area contributed by atoms with Crippen molar-refractivity contribution in [1.82, 2.24) is 14.8 Å². The van der Waals surface area contributed by atoms with Crippen molar-refractivity contribution in [3.8, 4) is 0 Å². The Balaban J connectivity index is 1.48. The van der Waals surface area contributed by atoms with E-state index in [1.54, 1.807) is 54.3 Å². The number of Topliss-reactive ketones (excluding diaryl/α,β-unsaturated/α-hetero) is 1. The maximum atomic E-state index is 13.3. The van der Waals surface area contributed by atoms with Gasteiger partial charge in [0, 0.05) is 42.8 Å². The first kappa shape index (κ1) is 29.4. The molecule has 0 aliphatic carbocycles. The van der Waals surface area contributed by atoms with Gasteiger partial charge in [0.05, 0.1) is 23.2 Å². The first-order chi connectivity index (χ1) is 19.4.